The maximum Gasteiger partial charge on any atom is 0.230 e. The van der Waals surface area contributed by atoms with E-state index in [4.69, 9.17) is 4.42 Å². The number of rotatable bonds is 4. The fraction of sp³-hybridized carbons (Fsp3) is 0.182. The van der Waals surface area contributed by atoms with Crippen molar-refractivity contribution in [1.82, 2.24) is 29.3 Å². The minimum absolute atomic E-state index is 0.0342. The predicted octanol–water partition coefficient (Wildman–Crippen LogP) is 3.26. The van der Waals surface area contributed by atoms with Crippen LogP contribution >= 0.6 is 0 Å². The number of furan rings is 1. The van der Waals surface area contributed by atoms with Crippen LogP contribution in [0.25, 0.3) is 45.1 Å². The third-order valence-electron chi connectivity index (χ3n) is 5.77. The van der Waals surface area contributed by atoms with Crippen LogP contribution in [0.3, 0.4) is 0 Å². The van der Waals surface area contributed by atoms with Crippen LogP contribution < -0.4 is 0 Å². The lowest BCUT2D eigenvalue weighted by atomic mass is 10.0. The number of halogens is 1. The number of sulfone groups is 1. The van der Waals surface area contributed by atoms with Gasteiger partial charge >= 0.3 is 0 Å². The smallest absolute Gasteiger partial charge is 0.230 e. The summed E-state index contributed by atoms with van der Waals surface area (Å²) in [5.41, 5.74) is 3.71. The number of nitrogens with zero attached hydrogens (tertiary/aromatic N) is 6. The van der Waals surface area contributed by atoms with Gasteiger partial charge in [0, 0.05) is 24.4 Å². The van der Waals surface area contributed by atoms with Crippen LogP contribution in [0.15, 0.2) is 59.8 Å². The van der Waals surface area contributed by atoms with Crippen molar-refractivity contribution in [2.75, 3.05) is 11.5 Å². The summed E-state index contributed by atoms with van der Waals surface area (Å²) < 4.78 is 46.5. The molecule has 1 aliphatic heterocycles. The van der Waals surface area contributed by atoms with Gasteiger partial charge in [0.2, 0.25) is 5.71 Å². The molecule has 9 nitrogen and oxygen atoms in total. The van der Waals surface area contributed by atoms with Crippen LogP contribution in [0, 0.1) is 5.82 Å². The van der Waals surface area contributed by atoms with Gasteiger partial charge in [-0.3, -0.25) is 4.68 Å². The molecule has 0 N–H and O–H groups in total. The quantitative estimate of drug-likeness (QED) is 0.402. The van der Waals surface area contributed by atoms with E-state index in [1.807, 2.05) is 17.7 Å². The van der Waals surface area contributed by atoms with Crippen LogP contribution in [-0.2, 0) is 16.9 Å². The van der Waals surface area contributed by atoms with Gasteiger partial charge in [-0.15, -0.1) is 0 Å². The first-order valence-corrected chi connectivity index (χ1v) is 12.0. The molecule has 5 aromatic rings. The second-order valence-corrected chi connectivity index (χ2v) is 10.2. The lowest BCUT2D eigenvalue weighted by Gasteiger charge is -2.25. The highest BCUT2D eigenvalue weighted by molar-refractivity contribution is 7.92. The van der Waals surface area contributed by atoms with Crippen LogP contribution in [0.5, 0.6) is 0 Å². The molecule has 6 rings (SSSR count). The van der Waals surface area contributed by atoms with Gasteiger partial charge in [-0.25, -0.2) is 27.8 Å². The normalized spacial score (nSPS) is 15.7. The Balaban J connectivity index is 1.53. The summed E-state index contributed by atoms with van der Waals surface area (Å²) in [6, 6.07) is 7.59. The summed E-state index contributed by atoms with van der Waals surface area (Å²) in [4.78, 5) is 12.9. The number of aromatic nitrogens is 6. The van der Waals surface area contributed by atoms with Crippen LogP contribution in [0.4, 0.5) is 4.39 Å². The maximum absolute atomic E-state index is 13.6. The number of aryl methyl sites for hydroxylation is 1. The maximum atomic E-state index is 13.6. The van der Waals surface area contributed by atoms with E-state index in [2.05, 4.69) is 20.1 Å². The van der Waals surface area contributed by atoms with Crippen molar-refractivity contribution in [1.29, 1.82) is 0 Å². The Morgan fingerprint density at radius 2 is 1.91 bits per heavy atom. The molecule has 11 heteroatoms. The largest absolute Gasteiger partial charge is 0.436 e. The highest BCUT2D eigenvalue weighted by Crippen LogP contribution is 2.38. The minimum atomic E-state index is -3.04. The molecule has 1 aromatic carbocycles. The first-order chi connectivity index (χ1) is 15.9. The summed E-state index contributed by atoms with van der Waals surface area (Å²) >= 11 is 0. The van der Waals surface area contributed by atoms with Crippen molar-refractivity contribution in [2.45, 2.75) is 6.04 Å². The molecular formula is C22H17FN6O3S. The van der Waals surface area contributed by atoms with Crippen molar-refractivity contribution in [3.63, 3.8) is 0 Å². The molecule has 166 valence electrons. The molecule has 0 aliphatic carbocycles. The van der Waals surface area contributed by atoms with Gasteiger partial charge in [0.15, 0.2) is 15.6 Å². The van der Waals surface area contributed by atoms with E-state index >= 15 is 0 Å². The zero-order valence-corrected chi connectivity index (χ0v) is 18.2. The molecule has 0 amide bonds. The molecule has 1 saturated heterocycles. The van der Waals surface area contributed by atoms with E-state index in [-0.39, 0.29) is 23.4 Å². The van der Waals surface area contributed by atoms with Gasteiger partial charge in [-0.2, -0.15) is 5.10 Å². The Hall–Kier alpha value is -3.86. The zero-order chi connectivity index (χ0) is 22.7. The van der Waals surface area contributed by atoms with Crippen LogP contribution in [0.1, 0.15) is 6.04 Å². The monoisotopic (exact) mass is 464 g/mol. The van der Waals surface area contributed by atoms with Gasteiger partial charge < -0.3 is 8.98 Å². The molecule has 0 unspecified atom stereocenters. The fourth-order valence-electron chi connectivity index (χ4n) is 4.05. The highest BCUT2D eigenvalue weighted by Gasteiger charge is 2.36. The van der Waals surface area contributed by atoms with E-state index in [1.54, 1.807) is 35.5 Å². The van der Waals surface area contributed by atoms with Crippen molar-refractivity contribution in [3.05, 3.63) is 61.2 Å². The summed E-state index contributed by atoms with van der Waals surface area (Å²) in [5.74, 6) is 0.302. The van der Waals surface area contributed by atoms with Crippen molar-refractivity contribution in [3.8, 4) is 34.0 Å². The second kappa shape index (κ2) is 7.07. The zero-order valence-electron chi connectivity index (χ0n) is 17.4. The number of fused-ring (bicyclic) bond motifs is 1. The minimum Gasteiger partial charge on any atom is -0.436 e. The Bertz CT molecular complexity index is 1610. The van der Waals surface area contributed by atoms with E-state index in [0.29, 0.717) is 39.4 Å². The summed E-state index contributed by atoms with van der Waals surface area (Å²) in [6.45, 7) is 0. The molecular weight excluding hydrogens is 447 g/mol. The Morgan fingerprint density at radius 3 is 2.61 bits per heavy atom. The standard InChI is InChI=1S/C22H17FN6O3S/c1-28-12-24-7-18(28)19-6-16-21(25-11-26-22(16)32-19)17-8-29(15-9-33(30,31)10-15)27-20(17)13-2-4-14(23)5-3-13/h2-8,11-12,15H,9-10H2,1H3. The topological polar surface area (TPSA) is 109 Å². The lowest BCUT2D eigenvalue weighted by Crippen LogP contribution is -2.38. The average molecular weight is 464 g/mol. The SMILES string of the molecule is Cn1cncc1-c1cc2c(-c3cn(C4CS(=O)(=O)C4)nc3-c3ccc(F)cc3)ncnc2o1. The predicted molar refractivity (Wildman–Crippen MR) is 118 cm³/mol. The van der Waals surface area contributed by atoms with E-state index in [9.17, 15) is 12.8 Å². The third kappa shape index (κ3) is 3.32. The number of hydrogen-bond acceptors (Lipinski definition) is 7. The molecule has 5 heterocycles. The molecule has 0 radical (unpaired) electrons. The first kappa shape index (κ1) is 19.8. The molecule has 0 saturated carbocycles. The molecule has 0 spiro atoms. The lowest BCUT2D eigenvalue weighted by molar-refractivity contribution is 0.474. The molecule has 0 atom stereocenters. The molecule has 4 aromatic heterocycles. The van der Waals surface area contributed by atoms with Crippen LogP contribution in [-0.4, -0.2) is 49.2 Å². The van der Waals surface area contributed by atoms with Gasteiger partial charge in [0.1, 0.15) is 23.5 Å². The summed E-state index contributed by atoms with van der Waals surface area (Å²) in [7, 11) is -1.17. The molecule has 33 heavy (non-hydrogen) atoms. The van der Waals surface area contributed by atoms with Gasteiger partial charge in [0.25, 0.3) is 0 Å². The third-order valence-corrected chi connectivity index (χ3v) is 7.56. The van der Waals surface area contributed by atoms with Crippen molar-refractivity contribution >= 4 is 20.9 Å². The van der Waals surface area contributed by atoms with Gasteiger partial charge in [0.05, 0.1) is 41.2 Å². The van der Waals surface area contributed by atoms with Gasteiger partial charge in [-0.1, -0.05) is 0 Å². The summed E-state index contributed by atoms with van der Waals surface area (Å²) in [5, 5.41) is 5.35. The number of benzene rings is 1. The molecule has 0 bridgehead atoms. The number of hydrogen-bond donors (Lipinski definition) is 0. The van der Waals surface area contributed by atoms with Gasteiger partial charge in [-0.05, 0) is 30.3 Å². The first-order valence-electron chi connectivity index (χ1n) is 10.1. The molecule has 1 fully saturated rings. The average Bonchev–Trinajstić information content (AvgIpc) is 3.49. The highest BCUT2D eigenvalue weighted by atomic mass is 32.2. The fourth-order valence-corrected chi connectivity index (χ4v) is 5.43. The van der Waals surface area contributed by atoms with Crippen LogP contribution in [0.2, 0.25) is 0 Å². The Kier molecular flexibility index (Phi) is 4.24. The Morgan fingerprint density at radius 1 is 1.12 bits per heavy atom. The second-order valence-electron chi connectivity index (χ2n) is 8.05. The van der Waals surface area contributed by atoms with E-state index in [1.165, 1.54) is 18.5 Å². The molecule has 1 aliphatic rings. The number of imidazole rings is 1. The van der Waals surface area contributed by atoms with Crippen molar-refractivity contribution in [2.24, 2.45) is 7.05 Å². The summed E-state index contributed by atoms with van der Waals surface area (Å²) in [6.07, 6.45) is 6.58. The van der Waals surface area contributed by atoms with E-state index in [0.717, 1.165) is 5.69 Å². The Labute approximate surface area is 187 Å². The van der Waals surface area contributed by atoms with E-state index < -0.39 is 9.84 Å². The van der Waals surface area contributed by atoms with Crippen molar-refractivity contribution < 1.29 is 17.2 Å².